The van der Waals surface area contributed by atoms with E-state index in [1.54, 1.807) is 0 Å². The van der Waals surface area contributed by atoms with Crippen LogP contribution < -0.4 is 0 Å². The molecule has 0 aromatic heterocycles. The van der Waals surface area contributed by atoms with Crippen LogP contribution in [0.3, 0.4) is 0 Å². The van der Waals surface area contributed by atoms with E-state index in [0.717, 1.165) is 25.9 Å². The molecule has 0 N–H and O–H groups in total. The topological polar surface area (TPSA) is 18.5 Å². The Morgan fingerprint density at radius 3 is 2.50 bits per heavy atom. The molecule has 1 heterocycles. The second kappa shape index (κ2) is 5.92. The molecule has 0 radical (unpaired) electrons. The Hall–Kier alpha value is -2.16. The van der Waals surface area contributed by atoms with Gasteiger partial charge in [-0.15, -0.1) is 0 Å². The van der Waals surface area contributed by atoms with Crippen LogP contribution in [-0.2, 0) is 27.7 Å². The van der Waals surface area contributed by atoms with E-state index in [-0.39, 0.29) is 5.41 Å². The van der Waals surface area contributed by atoms with Crippen molar-refractivity contribution in [1.29, 1.82) is 0 Å². The molecule has 1 saturated carbocycles. The molecule has 3 aromatic rings. The average molecular weight is 370 g/mol. The summed E-state index contributed by atoms with van der Waals surface area (Å²) in [4.78, 5) is 0. The lowest BCUT2D eigenvalue weighted by molar-refractivity contribution is -0.213. The van der Waals surface area contributed by atoms with Crippen molar-refractivity contribution in [2.24, 2.45) is 0 Å². The molecule has 2 fully saturated rings. The molecule has 1 aliphatic heterocycles. The fraction of sp³-hybridized carbons (Fsp3) is 0.385. The number of ether oxygens (including phenoxy) is 2. The third-order valence-corrected chi connectivity index (χ3v) is 7.66. The van der Waals surface area contributed by atoms with Gasteiger partial charge in [0.1, 0.15) is 0 Å². The number of hydrogen-bond donors (Lipinski definition) is 0. The lowest BCUT2D eigenvalue weighted by Crippen LogP contribution is -2.45. The first-order valence-corrected chi connectivity index (χ1v) is 10.6. The number of aryl methyl sites for hydroxylation is 2. The quantitative estimate of drug-likeness (QED) is 0.581. The lowest BCUT2D eigenvalue weighted by Gasteiger charge is -2.38. The zero-order valence-electron chi connectivity index (χ0n) is 16.5. The molecule has 3 aromatic carbocycles. The highest BCUT2D eigenvalue weighted by atomic mass is 16.7. The van der Waals surface area contributed by atoms with E-state index < -0.39 is 5.79 Å². The molecule has 2 nitrogen and oxygen atoms in total. The molecule has 142 valence electrons. The molecule has 0 unspecified atom stereocenters. The molecule has 0 bridgehead atoms. The van der Waals surface area contributed by atoms with Crippen molar-refractivity contribution in [2.75, 3.05) is 13.7 Å². The Morgan fingerprint density at radius 1 is 0.857 bits per heavy atom. The average Bonchev–Trinajstić information content (AvgIpc) is 3.41. The normalized spacial score (nSPS) is 28.2. The summed E-state index contributed by atoms with van der Waals surface area (Å²) >= 11 is 0. The molecule has 3 aliphatic rings. The fourth-order valence-electron chi connectivity index (χ4n) is 6.30. The van der Waals surface area contributed by atoms with E-state index in [1.165, 1.54) is 57.9 Å². The summed E-state index contributed by atoms with van der Waals surface area (Å²) in [5.74, 6) is -0.420. The molecule has 2 atom stereocenters. The van der Waals surface area contributed by atoms with Crippen molar-refractivity contribution in [3.63, 3.8) is 0 Å². The van der Waals surface area contributed by atoms with Crippen molar-refractivity contribution < 1.29 is 9.47 Å². The van der Waals surface area contributed by atoms with Crippen LogP contribution in [0.25, 0.3) is 21.9 Å². The number of fused-ring (bicyclic) bond motifs is 1. The van der Waals surface area contributed by atoms with E-state index in [1.807, 2.05) is 7.11 Å². The van der Waals surface area contributed by atoms with Gasteiger partial charge >= 0.3 is 0 Å². The van der Waals surface area contributed by atoms with E-state index >= 15 is 0 Å². The van der Waals surface area contributed by atoms with Gasteiger partial charge in [-0.3, -0.25) is 0 Å². The van der Waals surface area contributed by atoms with Crippen molar-refractivity contribution in [3.05, 3.63) is 71.3 Å². The highest BCUT2D eigenvalue weighted by molar-refractivity contribution is 6.01. The van der Waals surface area contributed by atoms with Gasteiger partial charge < -0.3 is 9.47 Å². The second-order valence-corrected chi connectivity index (χ2v) is 8.68. The standard InChI is InChI=1S/C26H26O2/c1-27-26-15-3-14-25(26,16-17-28-26)21-11-8-18(9-12-21)22-13-10-20-7-6-19-4-2-5-23(22)24(19)20/h2,4-5,8-13H,3,6-7,14-17H2,1H3/t25-,26-/m0/s1. The predicted molar refractivity (Wildman–Crippen MR) is 113 cm³/mol. The van der Waals surface area contributed by atoms with E-state index in [0.29, 0.717) is 0 Å². The SMILES string of the molecule is CO[C@]12CCC[C@@]1(c1ccc(-c3ccc4c5c(cccc35)CC4)cc1)CCO2. The van der Waals surface area contributed by atoms with Crippen LogP contribution in [-0.4, -0.2) is 19.5 Å². The summed E-state index contributed by atoms with van der Waals surface area (Å²) in [6.45, 7) is 0.796. The first-order valence-electron chi connectivity index (χ1n) is 10.6. The molecular formula is C26H26O2. The highest BCUT2D eigenvalue weighted by Gasteiger charge is 2.60. The minimum Gasteiger partial charge on any atom is -0.352 e. The minimum absolute atomic E-state index is 0.0162. The Morgan fingerprint density at radius 2 is 1.68 bits per heavy atom. The molecule has 0 amide bonds. The summed E-state index contributed by atoms with van der Waals surface area (Å²) in [7, 11) is 1.81. The maximum atomic E-state index is 6.16. The third-order valence-electron chi connectivity index (χ3n) is 7.66. The summed E-state index contributed by atoms with van der Waals surface area (Å²) in [5.41, 5.74) is 7.04. The molecule has 0 spiro atoms. The van der Waals surface area contributed by atoms with Gasteiger partial charge in [0.25, 0.3) is 0 Å². The van der Waals surface area contributed by atoms with Crippen LogP contribution in [0.5, 0.6) is 0 Å². The summed E-state index contributed by atoms with van der Waals surface area (Å²) < 4.78 is 12.1. The Balaban J connectivity index is 1.45. The highest BCUT2D eigenvalue weighted by Crippen LogP contribution is 2.57. The number of benzene rings is 3. The van der Waals surface area contributed by atoms with Crippen LogP contribution in [0, 0.1) is 0 Å². The van der Waals surface area contributed by atoms with Crippen molar-refractivity contribution in [3.8, 4) is 11.1 Å². The van der Waals surface area contributed by atoms with Crippen LogP contribution >= 0.6 is 0 Å². The summed E-state index contributed by atoms with van der Waals surface area (Å²) in [6.07, 6.45) is 6.74. The predicted octanol–water partition coefficient (Wildman–Crippen LogP) is 5.79. The minimum atomic E-state index is -0.420. The number of methoxy groups -OCH3 is 1. The molecule has 6 rings (SSSR count). The van der Waals surface area contributed by atoms with E-state index in [2.05, 4.69) is 54.6 Å². The van der Waals surface area contributed by atoms with Gasteiger partial charge in [0.05, 0.1) is 12.0 Å². The molecular weight excluding hydrogens is 344 g/mol. The third kappa shape index (κ3) is 2.05. The Labute approximate surface area is 166 Å². The summed E-state index contributed by atoms with van der Waals surface area (Å²) in [6, 6.07) is 20.7. The maximum Gasteiger partial charge on any atom is 0.177 e. The zero-order chi connectivity index (χ0) is 18.8. The van der Waals surface area contributed by atoms with E-state index in [9.17, 15) is 0 Å². The van der Waals surface area contributed by atoms with Gasteiger partial charge in [-0.05, 0) is 70.7 Å². The van der Waals surface area contributed by atoms with Gasteiger partial charge in [-0.1, -0.05) is 54.6 Å². The maximum absolute atomic E-state index is 6.16. The van der Waals surface area contributed by atoms with Gasteiger partial charge in [0.2, 0.25) is 0 Å². The Kier molecular flexibility index (Phi) is 3.54. The van der Waals surface area contributed by atoms with Crippen molar-refractivity contribution >= 4 is 10.8 Å². The number of hydrogen-bond acceptors (Lipinski definition) is 2. The zero-order valence-corrected chi connectivity index (χ0v) is 16.5. The van der Waals surface area contributed by atoms with Crippen LogP contribution in [0.4, 0.5) is 0 Å². The van der Waals surface area contributed by atoms with Crippen molar-refractivity contribution in [2.45, 2.75) is 49.7 Å². The first kappa shape index (κ1) is 16.8. The number of rotatable bonds is 3. The van der Waals surface area contributed by atoms with E-state index in [4.69, 9.17) is 9.47 Å². The smallest absolute Gasteiger partial charge is 0.177 e. The largest absolute Gasteiger partial charge is 0.352 e. The van der Waals surface area contributed by atoms with Gasteiger partial charge in [-0.25, -0.2) is 0 Å². The van der Waals surface area contributed by atoms with Crippen LogP contribution in [0.1, 0.15) is 42.4 Å². The van der Waals surface area contributed by atoms with Gasteiger partial charge in [0.15, 0.2) is 5.79 Å². The van der Waals surface area contributed by atoms with Crippen molar-refractivity contribution in [1.82, 2.24) is 0 Å². The summed E-state index contributed by atoms with van der Waals surface area (Å²) in [5, 5.41) is 2.88. The fourth-order valence-corrected chi connectivity index (χ4v) is 6.30. The molecule has 1 saturated heterocycles. The Bertz CT molecular complexity index is 1040. The first-order chi connectivity index (χ1) is 13.8. The van der Waals surface area contributed by atoms with Gasteiger partial charge in [0, 0.05) is 13.5 Å². The second-order valence-electron chi connectivity index (χ2n) is 8.68. The monoisotopic (exact) mass is 370 g/mol. The molecule has 2 heteroatoms. The van der Waals surface area contributed by atoms with Crippen LogP contribution in [0.15, 0.2) is 54.6 Å². The lowest BCUT2D eigenvalue weighted by atomic mass is 9.74. The molecule has 28 heavy (non-hydrogen) atoms. The molecule has 2 aliphatic carbocycles. The van der Waals surface area contributed by atoms with Crippen LogP contribution in [0.2, 0.25) is 0 Å². The van der Waals surface area contributed by atoms with Gasteiger partial charge in [-0.2, -0.15) is 0 Å².